The molecule has 0 radical (unpaired) electrons. The van der Waals surface area contributed by atoms with E-state index in [9.17, 15) is 9.59 Å². The summed E-state index contributed by atoms with van der Waals surface area (Å²) < 4.78 is 6.07. The van der Waals surface area contributed by atoms with E-state index < -0.39 is 5.97 Å². The highest BCUT2D eigenvalue weighted by molar-refractivity contribution is 6.14. The zero-order valence-corrected chi connectivity index (χ0v) is 16.0. The third-order valence-electron chi connectivity index (χ3n) is 3.85. The minimum absolute atomic E-state index is 0.0667. The average Bonchev–Trinajstić information content (AvgIpc) is 3.23. The molecule has 1 heterocycles. The van der Waals surface area contributed by atoms with Crippen molar-refractivity contribution in [1.82, 2.24) is 15.0 Å². The van der Waals surface area contributed by atoms with Gasteiger partial charge in [-0.2, -0.15) is 0 Å². The summed E-state index contributed by atoms with van der Waals surface area (Å²) in [5.41, 5.74) is 9.67. The van der Waals surface area contributed by atoms with E-state index in [0.29, 0.717) is 11.8 Å². The molecule has 0 aliphatic carbocycles. The number of aryl methyl sites for hydroxylation is 2. The Morgan fingerprint density at radius 2 is 1.75 bits per heavy atom. The minimum Gasteiger partial charge on any atom is -0.465 e. The van der Waals surface area contributed by atoms with Crippen molar-refractivity contribution in [1.29, 1.82) is 0 Å². The monoisotopic (exact) mass is 378 g/mol. The largest absolute Gasteiger partial charge is 0.465 e. The van der Waals surface area contributed by atoms with Gasteiger partial charge in [-0.1, -0.05) is 52.7 Å². The Morgan fingerprint density at radius 1 is 1.11 bits per heavy atom. The first kappa shape index (κ1) is 20.6. The molecule has 0 saturated heterocycles. The topological polar surface area (TPSA) is 100 Å². The Kier molecular flexibility index (Phi) is 7.21. The lowest BCUT2D eigenvalue weighted by molar-refractivity contribution is -0.136. The number of hydrogen-bond acceptors (Lipinski definition) is 6. The van der Waals surface area contributed by atoms with Crippen molar-refractivity contribution < 1.29 is 14.3 Å². The number of methoxy groups -OCH3 is 1. The molecule has 0 unspecified atom stereocenters. The number of nitrogens with zero attached hydrogens (tertiary/aromatic N) is 3. The Bertz CT molecular complexity index is 944. The van der Waals surface area contributed by atoms with Crippen molar-refractivity contribution in [2.24, 2.45) is 5.73 Å². The quantitative estimate of drug-likeness (QED) is 0.246. The van der Waals surface area contributed by atoms with E-state index in [2.05, 4.69) is 53.2 Å². The van der Waals surface area contributed by atoms with Crippen molar-refractivity contribution in [3.05, 3.63) is 83.2 Å². The fourth-order valence-corrected chi connectivity index (χ4v) is 2.43. The highest BCUT2D eigenvalue weighted by Gasteiger charge is 2.14. The molecule has 0 spiro atoms. The second kappa shape index (κ2) is 9.82. The van der Waals surface area contributed by atoms with Gasteiger partial charge in [0, 0.05) is 0 Å². The predicted octanol–water partition coefficient (Wildman–Crippen LogP) is 2.61. The zero-order valence-electron chi connectivity index (χ0n) is 16.0. The van der Waals surface area contributed by atoms with Crippen LogP contribution in [0.1, 0.15) is 16.7 Å². The van der Waals surface area contributed by atoms with Crippen molar-refractivity contribution in [3.8, 4) is 5.69 Å². The minimum atomic E-state index is -0.766. The maximum atomic E-state index is 11.4. The van der Waals surface area contributed by atoms with Crippen molar-refractivity contribution >= 4 is 18.0 Å². The first-order valence-electron chi connectivity index (χ1n) is 8.50. The van der Waals surface area contributed by atoms with Crippen molar-refractivity contribution in [2.75, 3.05) is 7.11 Å². The van der Waals surface area contributed by atoms with Crippen LogP contribution in [0.5, 0.6) is 0 Å². The number of rotatable bonds is 4. The fourth-order valence-electron chi connectivity index (χ4n) is 2.43. The van der Waals surface area contributed by atoms with Gasteiger partial charge in [0.2, 0.25) is 0 Å². The molecule has 0 amide bonds. The molecule has 2 N–H and O–H groups in total. The molecule has 0 bridgehead atoms. The molecule has 144 valence electrons. The molecular formula is C21H22N4O3. The molecule has 7 heteroatoms. The number of ether oxygens (including phenoxy) is 1. The van der Waals surface area contributed by atoms with Crippen LogP contribution in [-0.4, -0.2) is 34.4 Å². The lowest BCUT2D eigenvalue weighted by Crippen LogP contribution is -2.13. The number of benzene rings is 2. The van der Waals surface area contributed by atoms with E-state index >= 15 is 0 Å². The SMILES string of the molecule is COC(=O)C(C=O)=C(N)c1ccc(-n2ccnn2)cc1.Cc1cccc(C)c1. The van der Waals surface area contributed by atoms with Crippen LogP contribution in [0.2, 0.25) is 0 Å². The van der Waals surface area contributed by atoms with Gasteiger partial charge in [0.25, 0.3) is 0 Å². The smallest absolute Gasteiger partial charge is 0.343 e. The van der Waals surface area contributed by atoms with E-state index in [0.717, 1.165) is 5.69 Å². The summed E-state index contributed by atoms with van der Waals surface area (Å²) >= 11 is 0. The van der Waals surface area contributed by atoms with Crippen LogP contribution in [-0.2, 0) is 14.3 Å². The maximum Gasteiger partial charge on any atom is 0.343 e. The average molecular weight is 378 g/mol. The van der Waals surface area contributed by atoms with Crippen LogP contribution in [0.25, 0.3) is 11.4 Å². The second-order valence-electron chi connectivity index (χ2n) is 5.99. The Labute approximate surface area is 163 Å². The molecule has 0 aliphatic heterocycles. The van der Waals surface area contributed by atoms with Gasteiger partial charge in [-0.25, -0.2) is 9.48 Å². The normalized spacial score (nSPS) is 11.0. The number of nitrogens with two attached hydrogens (primary N) is 1. The summed E-state index contributed by atoms with van der Waals surface area (Å²) in [6.07, 6.45) is 3.63. The van der Waals surface area contributed by atoms with Gasteiger partial charge in [-0.3, -0.25) is 4.79 Å². The van der Waals surface area contributed by atoms with Crippen molar-refractivity contribution in [2.45, 2.75) is 13.8 Å². The second-order valence-corrected chi connectivity index (χ2v) is 5.99. The number of esters is 1. The summed E-state index contributed by atoms with van der Waals surface area (Å²) in [6.45, 7) is 4.21. The summed E-state index contributed by atoms with van der Waals surface area (Å²) in [4.78, 5) is 22.3. The first-order chi connectivity index (χ1) is 13.5. The molecular weight excluding hydrogens is 356 g/mol. The maximum absolute atomic E-state index is 11.4. The van der Waals surface area contributed by atoms with Gasteiger partial charge in [-0.05, 0) is 31.5 Å². The van der Waals surface area contributed by atoms with Gasteiger partial charge in [0.05, 0.1) is 30.9 Å². The fraction of sp³-hybridized carbons (Fsp3) is 0.143. The third-order valence-corrected chi connectivity index (χ3v) is 3.85. The van der Waals surface area contributed by atoms with E-state index in [-0.39, 0.29) is 11.3 Å². The molecule has 3 aromatic rings. The first-order valence-corrected chi connectivity index (χ1v) is 8.50. The number of aromatic nitrogens is 3. The van der Waals surface area contributed by atoms with Crippen LogP contribution in [0.15, 0.2) is 66.5 Å². The number of aldehydes is 1. The highest BCUT2D eigenvalue weighted by Crippen LogP contribution is 2.16. The van der Waals surface area contributed by atoms with Crippen LogP contribution >= 0.6 is 0 Å². The summed E-state index contributed by atoms with van der Waals surface area (Å²) in [6, 6.07) is 15.3. The summed E-state index contributed by atoms with van der Waals surface area (Å²) in [5.74, 6) is -0.766. The Morgan fingerprint density at radius 3 is 2.18 bits per heavy atom. The molecule has 0 fully saturated rings. The summed E-state index contributed by atoms with van der Waals surface area (Å²) in [7, 11) is 1.19. The van der Waals surface area contributed by atoms with Crippen LogP contribution < -0.4 is 5.73 Å². The standard InChI is InChI=1S/C13H12N4O3.C8H10/c1-20-13(19)11(8-18)12(14)9-2-4-10(5-3-9)17-7-6-15-16-17;1-7-4-3-5-8(2)6-7/h2-8H,14H2,1H3;3-6H,1-2H3. The van der Waals surface area contributed by atoms with Gasteiger partial charge >= 0.3 is 5.97 Å². The number of carbonyl (C=O) groups excluding carboxylic acids is 2. The van der Waals surface area contributed by atoms with Gasteiger partial charge < -0.3 is 10.5 Å². The van der Waals surface area contributed by atoms with Gasteiger partial charge in [-0.15, -0.1) is 5.10 Å². The Hall–Kier alpha value is -3.74. The molecule has 7 nitrogen and oxygen atoms in total. The van der Waals surface area contributed by atoms with Crippen molar-refractivity contribution in [3.63, 3.8) is 0 Å². The van der Waals surface area contributed by atoms with Gasteiger partial charge in [0.1, 0.15) is 5.57 Å². The lowest BCUT2D eigenvalue weighted by Gasteiger charge is -2.06. The van der Waals surface area contributed by atoms with E-state index in [1.54, 1.807) is 41.3 Å². The van der Waals surface area contributed by atoms with Crippen LogP contribution in [0.4, 0.5) is 0 Å². The molecule has 2 aromatic carbocycles. The zero-order chi connectivity index (χ0) is 20.5. The molecule has 0 atom stereocenters. The van der Waals surface area contributed by atoms with Crippen LogP contribution in [0, 0.1) is 13.8 Å². The highest BCUT2D eigenvalue weighted by atomic mass is 16.5. The summed E-state index contributed by atoms with van der Waals surface area (Å²) in [5, 5.41) is 7.55. The predicted molar refractivity (Wildman–Crippen MR) is 106 cm³/mol. The van der Waals surface area contributed by atoms with E-state index in [1.807, 2.05) is 0 Å². The number of carbonyl (C=O) groups is 2. The van der Waals surface area contributed by atoms with E-state index in [1.165, 1.54) is 18.2 Å². The Balaban J connectivity index is 0.000000292. The van der Waals surface area contributed by atoms with Crippen LogP contribution in [0.3, 0.4) is 0 Å². The van der Waals surface area contributed by atoms with Gasteiger partial charge in [0.15, 0.2) is 6.29 Å². The molecule has 1 aromatic heterocycles. The lowest BCUT2D eigenvalue weighted by atomic mass is 10.1. The number of hydrogen-bond donors (Lipinski definition) is 1. The third kappa shape index (κ3) is 5.38. The van der Waals surface area contributed by atoms with E-state index in [4.69, 9.17) is 5.73 Å². The molecule has 3 rings (SSSR count). The molecule has 0 aliphatic rings. The molecule has 28 heavy (non-hydrogen) atoms. The molecule has 0 saturated carbocycles.